The molecule has 0 aliphatic rings. The summed E-state index contributed by atoms with van der Waals surface area (Å²) in [5.74, 6) is -1.74. The highest BCUT2D eigenvalue weighted by molar-refractivity contribution is 9.15. The number of halogens is 4. The van der Waals surface area contributed by atoms with Gasteiger partial charge in [0.1, 0.15) is 12.7 Å². The van der Waals surface area contributed by atoms with Crippen LogP contribution in [0.2, 0.25) is 0 Å². The number of hydrogen-bond donors (Lipinski definition) is 2. The normalized spacial score (nSPS) is 13.2. The van der Waals surface area contributed by atoms with Gasteiger partial charge < -0.3 is 24.4 Å². The highest BCUT2D eigenvalue weighted by atomic mass is 79.9. The van der Waals surface area contributed by atoms with Gasteiger partial charge in [0.2, 0.25) is 6.29 Å². The second kappa shape index (κ2) is 11.1. The van der Waals surface area contributed by atoms with Crippen LogP contribution in [0.25, 0.3) is 0 Å². The minimum absolute atomic E-state index is 0.105. The van der Waals surface area contributed by atoms with E-state index in [1.54, 1.807) is 6.92 Å². The lowest BCUT2D eigenvalue weighted by Gasteiger charge is -2.22. The van der Waals surface area contributed by atoms with Crippen LogP contribution in [0.4, 0.5) is 0 Å². The van der Waals surface area contributed by atoms with E-state index in [9.17, 15) is 14.7 Å². The molecule has 0 aliphatic carbocycles. The number of aliphatic hydroxyl groups is 2. The molecule has 26 heavy (non-hydrogen) atoms. The molecule has 0 bridgehead atoms. The molecule has 11 heteroatoms. The Morgan fingerprint density at radius 1 is 1.00 bits per heavy atom. The molecule has 0 fully saturated rings. The Bertz CT molecular complexity index is 679. The van der Waals surface area contributed by atoms with Crippen LogP contribution in [0.1, 0.15) is 34.6 Å². The van der Waals surface area contributed by atoms with Crippen LogP contribution in [-0.4, -0.2) is 54.4 Å². The van der Waals surface area contributed by atoms with E-state index in [0.29, 0.717) is 8.95 Å². The van der Waals surface area contributed by atoms with Crippen LogP contribution in [0.3, 0.4) is 0 Å². The second-order valence-electron chi connectivity index (χ2n) is 4.84. The monoisotopic (exact) mass is 624 g/mol. The van der Waals surface area contributed by atoms with Gasteiger partial charge in [-0.25, -0.2) is 9.59 Å². The third-order valence-corrected chi connectivity index (χ3v) is 7.72. The van der Waals surface area contributed by atoms with Gasteiger partial charge >= 0.3 is 11.9 Å². The summed E-state index contributed by atoms with van der Waals surface area (Å²) < 4.78 is 16.8. The summed E-state index contributed by atoms with van der Waals surface area (Å²) >= 11 is 13.1. The van der Waals surface area contributed by atoms with E-state index in [1.165, 1.54) is 6.92 Å². The van der Waals surface area contributed by atoms with Crippen LogP contribution >= 0.6 is 63.7 Å². The Labute approximate surface area is 183 Å². The number of benzene rings is 1. The van der Waals surface area contributed by atoms with E-state index < -0.39 is 24.3 Å². The van der Waals surface area contributed by atoms with Gasteiger partial charge in [-0.05, 0) is 77.6 Å². The number of esters is 2. The molecular formula is C15H16Br4O7. The van der Waals surface area contributed by atoms with Crippen molar-refractivity contribution < 1.29 is 34.0 Å². The maximum atomic E-state index is 12.7. The van der Waals surface area contributed by atoms with Crippen molar-refractivity contribution in [1.82, 2.24) is 0 Å². The summed E-state index contributed by atoms with van der Waals surface area (Å²) in [7, 11) is 0. The van der Waals surface area contributed by atoms with Gasteiger partial charge in [-0.15, -0.1) is 0 Å². The smallest absolute Gasteiger partial charge is 0.342 e. The van der Waals surface area contributed by atoms with Gasteiger partial charge in [-0.2, -0.15) is 0 Å². The number of ether oxygens (including phenoxy) is 3. The number of aliphatic hydroxyl groups excluding tert-OH is 2. The van der Waals surface area contributed by atoms with Crippen LogP contribution in [0.5, 0.6) is 0 Å². The predicted molar refractivity (Wildman–Crippen MR) is 107 cm³/mol. The average molecular weight is 628 g/mol. The molecule has 1 rings (SSSR count). The van der Waals surface area contributed by atoms with E-state index in [4.69, 9.17) is 19.3 Å². The lowest BCUT2D eigenvalue weighted by Crippen LogP contribution is -2.32. The molecule has 0 spiro atoms. The van der Waals surface area contributed by atoms with Crippen LogP contribution in [0, 0.1) is 0 Å². The summed E-state index contributed by atoms with van der Waals surface area (Å²) in [6.07, 6.45) is -2.29. The molecule has 0 radical (unpaired) electrons. The zero-order chi connectivity index (χ0) is 20.0. The van der Waals surface area contributed by atoms with Crippen molar-refractivity contribution in [2.75, 3.05) is 19.8 Å². The summed E-state index contributed by atoms with van der Waals surface area (Å²) in [6, 6.07) is 0. The van der Waals surface area contributed by atoms with Gasteiger partial charge in [0.25, 0.3) is 0 Å². The minimum atomic E-state index is -1.21. The third kappa shape index (κ3) is 5.73. The zero-order valence-corrected chi connectivity index (χ0v) is 20.1. The Kier molecular flexibility index (Phi) is 10.2. The van der Waals surface area contributed by atoms with Crippen molar-refractivity contribution in [3.63, 3.8) is 0 Å². The number of carbonyl (C=O) groups is 2. The molecule has 146 valence electrons. The van der Waals surface area contributed by atoms with Crippen molar-refractivity contribution in [2.45, 2.75) is 26.2 Å². The Morgan fingerprint density at radius 3 is 1.92 bits per heavy atom. The van der Waals surface area contributed by atoms with Gasteiger partial charge in [0.05, 0.1) is 17.7 Å². The SMILES string of the molecule is CCOC(OC(=O)c1c(Br)c(Br)c(Br)c(Br)c1C(=O)OCCO)C(C)O. The van der Waals surface area contributed by atoms with Crippen molar-refractivity contribution in [1.29, 1.82) is 0 Å². The zero-order valence-electron chi connectivity index (χ0n) is 13.7. The van der Waals surface area contributed by atoms with E-state index in [-0.39, 0.29) is 39.9 Å². The average Bonchev–Trinajstić information content (AvgIpc) is 2.59. The van der Waals surface area contributed by atoms with Crippen LogP contribution in [-0.2, 0) is 14.2 Å². The number of carbonyl (C=O) groups excluding carboxylic acids is 2. The molecule has 2 atom stereocenters. The molecule has 0 saturated carbocycles. The summed E-state index contributed by atoms with van der Waals surface area (Å²) in [4.78, 5) is 25.1. The van der Waals surface area contributed by atoms with Crippen molar-refractivity contribution in [3.05, 3.63) is 29.0 Å². The first-order valence-corrected chi connectivity index (χ1v) is 10.5. The minimum Gasteiger partial charge on any atom is -0.460 e. The van der Waals surface area contributed by atoms with Crippen molar-refractivity contribution in [2.24, 2.45) is 0 Å². The number of hydrogen-bond acceptors (Lipinski definition) is 7. The standard InChI is InChI=1S/C15H16Br4O7/c1-3-24-15(6(2)21)26-14(23)8-7(13(22)25-5-4-20)9(16)11(18)12(19)10(8)17/h6,15,20-21H,3-5H2,1-2H3. The molecule has 0 aliphatic heterocycles. The molecule has 0 saturated heterocycles. The fourth-order valence-electron chi connectivity index (χ4n) is 1.83. The molecule has 0 heterocycles. The largest absolute Gasteiger partial charge is 0.460 e. The van der Waals surface area contributed by atoms with E-state index in [1.807, 2.05) is 0 Å². The third-order valence-electron chi connectivity index (χ3n) is 2.95. The molecule has 2 unspecified atom stereocenters. The van der Waals surface area contributed by atoms with Gasteiger partial charge in [0, 0.05) is 24.5 Å². The fourth-order valence-corrected chi connectivity index (χ4v) is 4.27. The van der Waals surface area contributed by atoms with E-state index in [0.717, 1.165) is 0 Å². The summed E-state index contributed by atoms with van der Waals surface area (Å²) in [5, 5.41) is 18.5. The van der Waals surface area contributed by atoms with Crippen LogP contribution < -0.4 is 0 Å². The maximum Gasteiger partial charge on any atom is 0.342 e. The highest BCUT2D eigenvalue weighted by Gasteiger charge is 2.32. The van der Waals surface area contributed by atoms with Crippen molar-refractivity contribution in [3.8, 4) is 0 Å². The Morgan fingerprint density at radius 2 is 1.50 bits per heavy atom. The maximum absolute atomic E-state index is 12.7. The van der Waals surface area contributed by atoms with E-state index >= 15 is 0 Å². The first-order valence-electron chi connectivity index (χ1n) is 7.31. The molecular weight excluding hydrogens is 612 g/mol. The van der Waals surface area contributed by atoms with Gasteiger partial charge in [0.15, 0.2) is 0 Å². The molecule has 1 aromatic rings. The Balaban J connectivity index is 3.43. The fraction of sp³-hybridized carbons (Fsp3) is 0.467. The molecule has 0 amide bonds. The Hall–Kier alpha value is -0.0400. The van der Waals surface area contributed by atoms with Gasteiger partial charge in [-0.3, -0.25) is 0 Å². The van der Waals surface area contributed by atoms with E-state index in [2.05, 4.69) is 63.7 Å². The quantitative estimate of drug-likeness (QED) is 0.196. The highest BCUT2D eigenvalue weighted by Crippen LogP contribution is 2.42. The predicted octanol–water partition coefficient (Wildman–Crippen LogP) is 3.79. The molecule has 0 aromatic heterocycles. The van der Waals surface area contributed by atoms with Gasteiger partial charge in [-0.1, -0.05) is 0 Å². The lowest BCUT2D eigenvalue weighted by atomic mass is 10.1. The topological polar surface area (TPSA) is 102 Å². The van der Waals surface area contributed by atoms with Crippen LogP contribution in [0.15, 0.2) is 17.9 Å². The molecule has 1 aromatic carbocycles. The molecule has 2 N–H and O–H groups in total. The first-order chi connectivity index (χ1) is 12.2. The number of rotatable bonds is 8. The first kappa shape index (κ1) is 24.0. The lowest BCUT2D eigenvalue weighted by molar-refractivity contribution is -0.157. The summed E-state index contributed by atoms with van der Waals surface area (Å²) in [6.45, 7) is 2.70. The summed E-state index contributed by atoms with van der Waals surface area (Å²) in [5.41, 5.74) is -0.230. The van der Waals surface area contributed by atoms with Crippen molar-refractivity contribution >= 4 is 75.7 Å². The second-order valence-corrected chi connectivity index (χ2v) is 8.01. The molecule has 7 nitrogen and oxygen atoms in total.